The summed E-state index contributed by atoms with van der Waals surface area (Å²) in [7, 11) is -2.11. The molecule has 0 aliphatic carbocycles. The van der Waals surface area contributed by atoms with Crippen LogP contribution in [-0.2, 0) is 26.6 Å². The number of benzene rings is 1. The van der Waals surface area contributed by atoms with Crippen LogP contribution in [0.4, 0.5) is 0 Å². The first kappa shape index (κ1) is 35.2. The lowest BCUT2D eigenvalue weighted by Crippen LogP contribution is -2.49. The maximum absolute atomic E-state index is 6.99. The summed E-state index contributed by atoms with van der Waals surface area (Å²) in [6, 6.07) is 8.10. The van der Waals surface area contributed by atoms with Crippen LogP contribution in [0, 0.1) is 0 Å². The van der Waals surface area contributed by atoms with Crippen molar-refractivity contribution in [3.8, 4) is 5.75 Å². The van der Waals surface area contributed by atoms with Crippen molar-refractivity contribution >= 4 is 28.0 Å². The zero-order valence-corrected chi connectivity index (χ0v) is 30.4. The smallest absolute Gasteiger partial charge is 0.200 e. The van der Waals surface area contributed by atoms with Gasteiger partial charge < -0.3 is 18.3 Å². The Morgan fingerprint density at radius 2 is 1.43 bits per heavy atom. The van der Waals surface area contributed by atoms with E-state index in [-0.39, 0.29) is 17.1 Å². The lowest BCUT2D eigenvalue weighted by atomic mass is 10.1. The number of ether oxygens (including phenoxy) is 2. The second-order valence-corrected chi connectivity index (χ2v) is 25.0. The maximum Gasteiger partial charge on any atom is 0.200 e. The Balaban J connectivity index is 2.18. The number of methoxy groups -OCH3 is 1. The van der Waals surface area contributed by atoms with Gasteiger partial charge in [0.1, 0.15) is 5.75 Å². The van der Waals surface area contributed by atoms with Crippen LogP contribution in [0.1, 0.15) is 91.4 Å². The number of nitrogens with zero attached hydrogens (tertiary/aromatic N) is 1. The Morgan fingerprint density at radius 1 is 0.850 bits per heavy atom. The van der Waals surface area contributed by atoms with Crippen molar-refractivity contribution in [2.75, 3.05) is 20.3 Å². The van der Waals surface area contributed by atoms with E-state index in [9.17, 15) is 0 Å². The van der Waals surface area contributed by atoms with Crippen LogP contribution in [0.2, 0.25) is 34.8 Å². The topological polar surface area (TPSA) is 49.8 Å². The first-order chi connectivity index (χ1) is 18.5. The number of aromatic nitrogens is 1. The molecular weight excluding hydrogens is 551 g/mol. The third-order valence-corrected chi connectivity index (χ3v) is 20.3. The molecule has 0 aliphatic rings. The number of hydrogen-bond acceptors (Lipinski definition) is 6. The van der Waals surface area contributed by atoms with E-state index in [2.05, 4.69) is 99.8 Å². The van der Waals surface area contributed by atoms with Gasteiger partial charge in [0.05, 0.1) is 37.1 Å². The van der Waals surface area contributed by atoms with E-state index in [4.69, 9.17) is 23.3 Å². The number of hydrogen-bond donors (Lipinski definition) is 0. The fourth-order valence-electron chi connectivity index (χ4n) is 5.31. The van der Waals surface area contributed by atoms with Crippen LogP contribution in [0.15, 0.2) is 29.6 Å². The lowest BCUT2D eigenvalue weighted by Gasteiger charge is -2.43. The molecule has 0 saturated carbocycles. The van der Waals surface area contributed by atoms with E-state index < -0.39 is 16.6 Å². The van der Waals surface area contributed by atoms with E-state index in [1.54, 1.807) is 18.4 Å². The third-order valence-electron chi connectivity index (χ3n) is 8.85. The molecule has 5 nitrogen and oxygen atoms in total. The highest BCUT2D eigenvalue weighted by atomic mass is 32.1. The molecule has 1 aromatic heterocycles. The van der Waals surface area contributed by atoms with Crippen LogP contribution in [0.3, 0.4) is 0 Å². The highest BCUT2D eigenvalue weighted by Crippen LogP contribution is 2.42. The molecule has 0 radical (unpaired) electrons. The van der Waals surface area contributed by atoms with Crippen LogP contribution >= 0.6 is 11.3 Å². The van der Waals surface area contributed by atoms with Gasteiger partial charge in [0.25, 0.3) is 0 Å². The van der Waals surface area contributed by atoms with Crippen molar-refractivity contribution in [1.29, 1.82) is 0 Å². The zero-order valence-electron chi connectivity index (χ0n) is 27.6. The summed E-state index contributed by atoms with van der Waals surface area (Å²) < 4.78 is 25.4. The average molecular weight is 608 g/mol. The van der Waals surface area contributed by atoms with E-state index in [1.807, 2.05) is 12.1 Å². The predicted octanol–water partition coefficient (Wildman–Crippen LogP) is 9.60. The van der Waals surface area contributed by atoms with Gasteiger partial charge in [-0.3, -0.25) is 0 Å². The van der Waals surface area contributed by atoms with Gasteiger partial charge in [-0.2, -0.15) is 0 Å². The molecule has 0 unspecified atom stereocenters. The van der Waals surface area contributed by atoms with E-state index >= 15 is 0 Å². The summed E-state index contributed by atoms with van der Waals surface area (Å²) in [4.78, 5) is 5.05. The molecule has 0 aliphatic heterocycles. The maximum atomic E-state index is 6.99. The zero-order chi connectivity index (χ0) is 30.3. The molecule has 0 saturated heterocycles. The second kappa shape index (κ2) is 14.9. The summed E-state index contributed by atoms with van der Waals surface area (Å²) in [5.74, 6) is 1.11. The standard InChI is InChI=1S/C32H57NO4SSi2/c1-23(2)40(24(3)4,25(5)6)37-21-29(35-20-27-14-16-28(34-11)17-15-27)18-31-33-30(22-38-31)26(7)19-36-39(12,13)32(8,9)10/h14-17,22-26,29H,18-21H2,1-13H3/t26-,29-/m0/s1. The summed E-state index contributed by atoms with van der Waals surface area (Å²) in [5, 5.41) is 3.50. The van der Waals surface area contributed by atoms with Gasteiger partial charge in [0.2, 0.25) is 0 Å². The molecule has 0 fully saturated rings. The Bertz CT molecular complexity index is 993. The van der Waals surface area contributed by atoms with Gasteiger partial charge in [0, 0.05) is 24.3 Å². The third kappa shape index (κ3) is 9.23. The summed E-state index contributed by atoms with van der Waals surface area (Å²) >= 11 is 1.73. The number of rotatable bonds is 16. The Labute approximate surface area is 251 Å². The minimum absolute atomic E-state index is 0.0667. The predicted molar refractivity (Wildman–Crippen MR) is 176 cm³/mol. The van der Waals surface area contributed by atoms with Crippen LogP contribution in [0.5, 0.6) is 5.75 Å². The molecule has 8 heteroatoms. The van der Waals surface area contributed by atoms with E-state index in [0.717, 1.165) is 28.4 Å². The van der Waals surface area contributed by atoms with Crippen molar-refractivity contribution in [3.05, 3.63) is 45.9 Å². The van der Waals surface area contributed by atoms with Crippen molar-refractivity contribution in [2.45, 2.75) is 129 Å². The van der Waals surface area contributed by atoms with Crippen molar-refractivity contribution in [3.63, 3.8) is 0 Å². The van der Waals surface area contributed by atoms with Crippen molar-refractivity contribution in [1.82, 2.24) is 4.98 Å². The average Bonchev–Trinajstić information content (AvgIpc) is 3.33. The molecule has 1 aromatic carbocycles. The highest BCUT2D eigenvalue weighted by Gasteiger charge is 2.45. The molecular formula is C32H57NO4SSi2. The molecule has 2 atom stereocenters. The molecule has 0 bridgehead atoms. The summed E-state index contributed by atoms with van der Waals surface area (Å²) in [6.45, 7) is 29.5. The molecule has 40 heavy (non-hydrogen) atoms. The normalized spacial score (nSPS) is 14.8. The largest absolute Gasteiger partial charge is 0.497 e. The molecule has 2 aromatic rings. The lowest BCUT2D eigenvalue weighted by molar-refractivity contribution is 0.00548. The van der Waals surface area contributed by atoms with E-state index in [1.165, 1.54) is 0 Å². The fourth-order valence-corrected chi connectivity index (χ4v) is 12.9. The molecule has 2 rings (SSSR count). The van der Waals surface area contributed by atoms with Gasteiger partial charge >= 0.3 is 0 Å². The SMILES string of the molecule is COc1ccc(CO[C@H](CO[Si](C(C)C)(C(C)C)C(C)C)Cc2nc([C@@H](C)CO[Si](C)(C)C(C)(C)C)cs2)cc1. The molecule has 0 spiro atoms. The van der Waals surface area contributed by atoms with E-state index in [0.29, 0.717) is 36.4 Å². The second-order valence-electron chi connectivity index (χ2n) is 13.8. The van der Waals surface area contributed by atoms with Crippen LogP contribution in [-0.4, -0.2) is 48.0 Å². The Morgan fingerprint density at radius 3 is 1.93 bits per heavy atom. The first-order valence-corrected chi connectivity index (χ1v) is 20.9. The van der Waals surface area contributed by atoms with Crippen molar-refractivity contribution in [2.24, 2.45) is 0 Å². The van der Waals surface area contributed by atoms with Gasteiger partial charge in [0.15, 0.2) is 16.6 Å². The Hall–Kier alpha value is -1.04. The minimum atomic E-state index is -2.01. The summed E-state index contributed by atoms with van der Waals surface area (Å²) in [5.41, 5.74) is 3.83. The van der Waals surface area contributed by atoms with Crippen LogP contribution in [0.25, 0.3) is 0 Å². The van der Waals surface area contributed by atoms with Gasteiger partial charge in [-0.25, -0.2) is 4.98 Å². The first-order valence-electron chi connectivity index (χ1n) is 15.0. The molecule has 0 N–H and O–H groups in total. The molecule has 228 valence electrons. The monoisotopic (exact) mass is 607 g/mol. The van der Waals surface area contributed by atoms with Gasteiger partial charge in [-0.15, -0.1) is 11.3 Å². The Kier molecular flexibility index (Phi) is 13.1. The molecule has 0 amide bonds. The van der Waals surface area contributed by atoms with Gasteiger partial charge in [-0.05, 0) is 52.5 Å². The summed E-state index contributed by atoms with van der Waals surface area (Å²) in [6.07, 6.45) is 0.679. The minimum Gasteiger partial charge on any atom is -0.497 e. The van der Waals surface area contributed by atoms with Crippen molar-refractivity contribution < 1.29 is 18.3 Å². The van der Waals surface area contributed by atoms with Crippen LogP contribution < -0.4 is 4.74 Å². The fraction of sp³-hybridized carbons (Fsp3) is 0.719. The highest BCUT2D eigenvalue weighted by molar-refractivity contribution is 7.09. The quantitative estimate of drug-likeness (QED) is 0.178. The van der Waals surface area contributed by atoms with Gasteiger partial charge in [-0.1, -0.05) is 81.4 Å². The molecule has 1 heterocycles. The number of thiazole rings is 1.